The molecule has 0 fully saturated rings. The van der Waals surface area contributed by atoms with Gasteiger partial charge in [-0.2, -0.15) is 0 Å². The fourth-order valence-corrected chi connectivity index (χ4v) is 2.45. The second-order valence-electron chi connectivity index (χ2n) is 4.74. The number of amides is 1. The molecule has 1 amide bonds. The molecule has 2 aromatic rings. The van der Waals surface area contributed by atoms with Gasteiger partial charge < -0.3 is 16.2 Å². The lowest BCUT2D eigenvalue weighted by Crippen LogP contribution is -2.26. The predicted molar refractivity (Wildman–Crippen MR) is 93.0 cm³/mol. The average Bonchev–Trinajstić information content (AvgIpc) is 2.50. The molecule has 2 aromatic carbocycles. The maximum absolute atomic E-state index is 12.1. The highest BCUT2D eigenvalue weighted by molar-refractivity contribution is 14.1. The van der Waals surface area contributed by atoms with Crippen molar-refractivity contribution in [2.75, 3.05) is 12.3 Å². The number of carbonyl (C=O) groups is 2. The van der Waals surface area contributed by atoms with Crippen LogP contribution in [0.3, 0.4) is 0 Å². The topological polar surface area (TPSA) is 92.4 Å². The van der Waals surface area contributed by atoms with Gasteiger partial charge in [0.1, 0.15) is 0 Å². The third kappa shape index (κ3) is 4.20. The first kappa shape index (κ1) is 16.3. The zero-order valence-corrected chi connectivity index (χ0v) is 13.8. The first-order chi connectivity index (χ1) is 10.5. The normalized spacial score (nSPS) is 10.2. The number of hydrogen-bond donors (Lipinski definition) is 3. The standard InChI is InChI=1S/C16H15IN2O3/c17-12-5-6-14(18)13(9-12)15(20)19-8-7-10-1-3-11(4-2-10)16(21)22/h1-6,9H,7-8,18H2,(H,19,20)(H,21,22). The zero-order chi connectivity index (χ0) is 16.1. The van der Waals surface area contributed by atoms with Crippen molar-refractivity contribution in [2.45, 2.75) is 6.42 Å². The van der Waals surface area contributed by atoms with Gasteiger partial charge in [-0.15, -0.1) is 0 Å². The second-order valence-corrected chi connectivity index (χ2v) is 5.99. The smallest absolute Gasteiger partial charge is 0.335 e. The minimum Gasteiger partial charge on any atom is -0.478 e. The monoisotopic (exact) mass is 410 g/mol. The van der Waals surface area contributed by atoms with E-state index >= 15 is 0 Å². The quantitative estimate of drug-likeness (QED) is 0.522. The molecule has 0 bridgehead atoms. The number of nitrogens with one attached hydrogen (secondary N) is 1. The molecule has 0 heterocycles. The summed E-state index contributed by atoms with van der Waals surface area (Å²) in [5, 5.41) is 11.6. The number of carboxylic acid groups (broad SMARTS) is 1. The summed E-state index contributed by atoms with van der Waals surface area (Å²) < 4.78 is 0.946. The number of benzene rings is 2. The lowest BCUT2D eigenvalue weighted by molar-refractivity contribution is 0.0696. The molecule has 0 aliphatic carbocycles. The first-order valence-corrected chi connectivity index (χ1v) is 7.70. The molecule has 0 saturated carbocycles. The molecule has 0 aliphatic rings. The van der Waals surface area contributed by atoms with Crippen LogP contribution in [0, 0.1) is 3.57 Å². The van der Waals surface area contributed by atoms with E-state index < -0.39 is 5.97 Å². The summed E-state index contributed by atoms with van der Waals surface area (Å²) in [7, 11) is 0. The van der Waals surface area contributed by atoms with Crippen molar-refractivity contribution in [1.29, 1.82) is 0 Å². The molecular formula is C16H15IN2O3. The van der Waals surface area contributed by atoms with E-state index in [-0.39, 0.29) is 11.5 Å². The number of nitrogen functional groups attached to an aromatic ring is 1. The third-order valence-corrected chi connectivity index (χ3v) is 3.83. The Hall–Kier alpha value is -2.09. The van der Waals surface area contributed by atoms with Crippen molar-refractivity contribution in [3.05, 3.63) is 62.7 Å². The van der Waals surface area contributed by atoms with Gasteiger partial charge in [0.2, 0.25) is 0 Å². The lowest BCUT2D eigenvalue weighted by atomic mass is 10.1. The van der Waals surface area contributed by atoms with Crippen LogP contribution in [0.25, 0.3) is 0 Å². The molecule has 0 aromatic heterocycles. The van der Waals surface area contributed by atoms with E-state index in [2.05, 4.69) is 27.9 Å². The van der Waals surface area contributed by atoms with E-state index in [0.29, 0.717) is 24.2 Å². The molecule has 0 radical (unpaired) electrons. The Labute approximate surface area is 141 Å². The summed E-state index contributed by atoms with van der Waals surface area (Å²) in [5.74, 6) is -1.16. The van der Waals surface area contributed by atoms with Crippen molar-refractivity contribution in [2.24, 2.45) is 0 Å². The third-order valence-electron chi connectivity index (χ3n) is 3.16. The van der Waals surface area contributed by atoms with E-state index in [0.717, 1.165) is 9.13 Å². The molecule has 114 valence electrons. The van der Waals surface area contributed by atoms with Crippen LogP contribution < -0.4 is 11.1 Å². The molecule has 0 atom stereocenters. The van der Waals surface area contributed by atoms with Crippen molar-refractivity contribution in [3.63, 3.8) is 0 Å². The van der Waals surface area contributed by atoms with Crippen LogP contribution in [-0.2, 0) is 6.42 Å². The highest BCUT2D eigenvalue weighted by atomic mass is 127. The van der Waals surface area contributed by atoms with Gasteiger partial charge in [-0.25, -0.2) is 4.79 Å². The minimum absolute atomic E-state index is 0.210. The molecule has 2 rings (SSSR count). The average molecular weight is 410 g/mol. The second kappa shape index (κ2) is 7.26. The summed E-state index contributed by atoms with van der Waals surface area (Å²) in [5.41, 5.74) is 7.92. The van der Waals surface area contributed by atoms with Crippen LogP contribution in [0.5, 0.6) is 0 Å². The van der Waals surface area contributed by atoms with E-state index in [1.807, 2.05) is 6.07 Å². The van der Waals surface area contributed by atoms with Crippen LogP contribution in [0.1, 0.15) is 26.3 Å². The van der Waals surface area contributed by atoms with E-state index in [1.165, 1.54) is 0 Å². The number of nitrogens with two attached hydrogens (primary N) is 1. The molecule has 0 unspecified atom stereocenters. The van der Waals surface area contributed by atoms with Crippen LogP contribution >= 0.6 is 22.6 Å². The van der Waals surface area contributed by atoms with Gasteiger partial charge in [-0.05, 0) is 64.9 Å². The SMILES string of the molecule is Nc1ccc(I)cc1C(=O)NCCc1ccc(C(=O)O)cc1. The van der Waals surface area contributed by atoms with Gasteiger partial charge in [0.25, 0.3) is 5.91 Å². The number of halogens is 1. The Morgan fingerprint density at radius 1 is 1.14 bits per heavy atom. The van der Waals surface area contributed by atoms with Gasteiger partial charge in [0.05, 0.1) is 11.1 Å². The Morgan fingerprint density at radius 2 is 1.82 bits per heavy atom. The molecule has 0 aliphatic heterocycles. The predicted octanol–water partition coefficient (Wildman–Crippen LogP) is 2.54. The Balaban J connectivity index is 1.91. The van der Waals surface area contributed by atoms with Crippen LogP contribution in [0.2, 0.25) is 0 Å². The largest absolute Gasteiger partial charge is 0.478 e. The molecule has 0 saturated heterocycles. The number of carbonyl (C=O) groups excluding carboxylic acids is 1. The first-order valence-electron chi connectivity index (χ1n) is 6.63. The number of rotatable bonds is 5. The summed E-state index contributed by atoms with van der Waals surface area (Å²) in [6.45, 7) is 0.455. The zero-order valence-electron chi connectivity index (χ0n) is 11.7. The van der Waals surface area contributed by atoms with Crippen molar-refractivity contribution in [1.82, 2.24) is 5.32 Å². The molecule has 6 heteroatoms. The summed E-state index contributed by atoms with van der Waals surface area (Å²) in [6, 6.07) is 11.9. The van der Waals surface area contributed by atoms with E-state index in [9.17, 15) is 9.59 Å². The van der Waals surface area contributed by atoms with Crippen LogP contribution in [0.15, 0.2) is 42.5 Å². The fourth-order valence-electron chi connectivity index (χ4n) is 1.95. The fraction of sp³-hybridized carbons (Fsp3) is 0.125. The molecule has 22 heavy (non-hydrogen) atoms. The number of anilines is 1. The highest BCUT2D eigenvalue weighted by Crippen LogP contribution is 2.15. The summed E-state index contributed by atoms with van der Waals surface area (Å²) in [6.07, 6.45) is 0.621. The Bertz CT molecular complexity index is 699. The van der Waals surface area contributed by atoms with Gasteiger partial charge in [0, 0.05) is 15.8 Å². The number of hydrogen-bond acceptors (Lipinski definition) is 3. The van der Waals surface area contributed by atoms with Crippen molar-refractivity contribution in [3.8, 4) is 0 Å². The number of aromatic carboxylic acids is 1. The lowest BCUT2D eigenvalue weighted by Gasteiger charge is -2.08. The van der Waals surface area contributed by atoms with Crippen LogP contribution in [-0.4, -0.2) is 23.5 Å². The van der Waals surface area contributed by atoms with Gasteiger partial charge in [-0.3, -0.25) is 4.79 Å². The van der Waals surface area contributed by atoms with E-state index in [1.54, 1.807) is 36.4 Å². The van der Waals surface area contributed by atoms with Crippen molar-refractivity contribution >= 4 is 40.2 Å². The maximum Gasteiger partial charge on any atom is 0.335 e. The summed E-state index contributed by atoms with van der Waals surface area (Å²) >= 11 is 2.13. The maximum atomic E-state index is 12.1. The van der Waals surface area contributed by atoms with Crippen LogP contribution in [0.4, 0.5) is 5.69 Å². The molecule has 5 nitrogen and oxygen atoms in total. The Kier molecular flexibility index (Phi) is 5.37. The summed E-state index contributed by atoms with van der Waals surface area (Å²) in [4.78, 5) is 22.8. The molecule has 0 spiro atoms. The molecule has 4 N–H and O–H groups in total. The Morgan fingerprint density at radius 3 is 2.45 bits per heavy atom. The minimum atomic E-state index is -0.950. The van der Waals surface area contributed by atoms with Gasteiger partial charge in [-0.1, -0.05) is 12.1 Å². The van der Waals surface area contributed by atoms with Crippen molar-refractivity contribution < 1.29 is 14.7 Å². The van der Waals surface area contributed by atoms with E-state index in [4.69, 9.17) is 10.8 Å². The highest BCUT2D eigenvalue weighted by Gasteiger charge is 2.09. The van der Waals surface area contributed by atoms with Gasteiger partial charge in [0.15, 0.2) is 0 Å². The van der Waals surface area contributed by atoms with Gasteiger partial charge >= 0.3 is 5.97 Å². The molecular weight excluding hydrogens is 395 g/mol. The number of carboxylic acids is 1.